The maximum Gasteiger partial charge on any atom is 0.0668 e. The largest absolute Gasteiger partial charge is 0.378 e. The SMILES string of the molecule is C1CC2COC[C]1N2. The van der Waals surface area contributed by atoms with Crippen LogP contribution in [0.3, 0.4) is 0 Å². The molecular formula is C6H10NO. The van der Waals surface area contributed by atoms with E-state index < -0.39 is 0 Å². The molecule has 1 radical (unpaired) electrons. The summed E-state index contributed by atoms with van der Waals surface area (Å²) in [7, 11) is 0. The Morgan fingerprint density at radius 1 is 1.62 bits per heavy atom. The quantitative estimate of drug-likeness (QED) is 0.486. The normalized spacial score (nSPS) is 38.2. The van der Waals surface area contributed by atoms with E-state index in [1.54, 1.807) is 0 Å². The van der Waals surface area contributed by atoms with E-state index in [9.17, 15) is 0 Å². The van der Waals surface area contributed by atoms with Crippen LogP contribution in [0, 0.1) is 6.04 Å². The lowest BCUT2D eigenvalue weighted by molar-refractivity contribution is 0.0992. The van der Waals surface area contributed by atoms with Gasteiger partial charge >= 0.3 is 0 Å². The number of fused-ring (bicyclic) bond motifs is 2. The first-order valence-electron chi connectivity index (χ1n) is 3.14. The Hall–Kier alpha value is -0.0800. The average Bonchev–Trinajstić information content (AvgIpc) is 2.12. The van der Waals surface area contributed by atoms with Crippen molar-refractivity contribution in [2.75, 3.05) is 13.2 Å². The first kappa shape index (κ1) is 4.77. The second kappa shape index (κ2) is 1.71. The molecule has 8 heavy (non-hydrogen) atoms. The highest BCUT2D eigenvalue weighted by molar-refractivity contribution is 5.00. The fourth-order valence-corrected chi connectivity index (χ4v) is 1.34. The van der Waals surface area contributed by atoms with Crippen LogP contribution in [0.25, 0.3) is 0 Å². The zero-order valence-corrected chi connectivity index (χ0v) is 4.81. The van der Waals surface area contributed by atoms with Gasteiger partial charge in [0.1, 0.15) is 0 Å². The molecule has 2 bridgehead atoms. The van der Waals surface area contributed by atoms with Gasteiger partial charge in [0.2, 0.25) is 0 Å². The van der Waals surface area contributed by atoms with E-state index in [0.717, 1.165) is 13.2 Å². The Morgan fingerprint density at radius 3 is 3.38 bits per heavy atom. The summed E-state index contributed by atoms with van der Waals surface area (Å²) in [5.41, 5.74) is 0. The Balaban J connectivity index is 2.03. The van der Waals surface area contributed by atoms with Crippen LogP contribution < -0.4 is 5.32 Å². The summed E-state index contributed by atoms with van der Waals surface area (Å²) in [5.74, 6) is 0. The summed E-state index contributed by atoms with van der Waals surface area (Å²) in [5, 5.41) is 3.38. The van der Waals surface area contributed by atoms with Crippen molar-refractivity contribution < 1.29 is 4.74 Å². The Morgan fingerprint density at radius 2 is 2.62 bits per heavy atom. The zero-order valence-electron chi connectivity index (χ0n) is 4.81. The number of hydrogen-bond acceptors (Lipinski definition) is 2. The Labute approximate surface area is 49.2 Å². The molecule has 2 rings (SSSR count). The van der Waals surface area contributed by atoms with Crippen LogP contribution in [-0.4, -0.2) is 19.3 Å². The van der Waals surface area contributed by atoms with E-state index in [-0.39, 0.29) is 0 Å². The minimum atomic E-state index is 0.652. The van der Waals surface area contributed by atoms with Crippen molar-refractivity contribution in [1.29, 1.82) is 0 Å². The third-order valence-electron chi connectivity index (χ3n) is 1.80. The molecule has 1 unspecified atom stereocenters. The van der Waals surface area contributed by atoms with Gasteiger partial charge in [-0.3, -0.25) is 0 Å². The van der Waals surface area contributed by atoms with Crippen molar-refractivity contribution in [1.82, 2.24) is 5.32 Å². The van der Waals surface area contributed by atoms with Crippen molar-refractivity contribution in [3.8, 4) is 0 Å². The van der Waals surface area contributed by atoms with Gasteiger partial charge in [0.05, 0.1) is 19.3 Å². The molecule has 0 aliphatic carbocycles. The fraction of sp³-hybridized carbons (Fsp3) is 0.833. The lowest BCUT2D eigenvalue weighted by Gasteiger charge is -2.19. The summed E-state index contributed by atoms with van der Waals surface area (Å²) in [6.45, 7) is 1.78. The van der Waals surface area contributed by atoms with E-state index in [2.05, 4.69) is 5.32 Å². The van der Waals surface area contributed by atoms with Gasteiger partial charge in [-0.15, -0.1) is 0 Å². The van der Waals surface area contributed by atoms with Gasteiger partial charge in [0.25, 0.3) is 0 Å². The molecule has 0 aromatic heterocycles. The van der Waals surface area contributed by atoms with Crippen molar-refractivity contribution in [3.05, 3.63) is 6.04 Å². The van der Waals surface area contributed by atoms with Crippen LogP contribution in [0.2, 0.25) is 0 Å². The molecule has 0 saturated carbocycles. The fourth-order valence-electron chi connectivity index (χ4n) is 1.34. The van der Waals surface area contributed by atoms with Gasteiger partial charge in [0, 0.05) is 6.04 Å². The lowest BCUT2D eigenvalue weighted by Crippen LogP contribution is -2.36. The maximum absolute atomic E-state index is 5.26. The molecule has 2 heteroatoms. The van der Waals surface area contributed by atoms with Crippen LogP contribution in [-0.2, 0) is 4.74 Å². The molecule has 0 aromatic carbocycles. The number of rotatable bonds is 0. The highest BCUT2D eigenvalue weighted by atomic mass is 16.5. The summed E-state index contributed by atoms with van der Waals surface area (Å²) in [6, 6.07) is 2.06. The van der Waals surface area contributed by atoms with E-state index in [1.165, 1.54) is 18.9 Å². The van der Waals surface area contributed by atoms with Crippen LogP contribution in [0.4, 0.5) is 0 Å². The number of ether oxygens (including phenoxy) is 1. The van der Waals surface area contributed by atoms with Gasteiger partial charge in [-0.25, -0.2) is 0 Å². The van der Waals surface area contributed by atoms with Gasteiger partial charge in [-0.2, -0.15) is 0 Å². The molecule has 2 heterocycles. The third-order valence-corrected chi connectivity index (χ3v) is 1.80. The lowest BCUT2D eigenvalue weighted by atomic mass is 10.2. The van der Waals surface area contributed by atoms with Crippen molar-refractivity contribution in [2.24, 2.45) is 0 Å². The highest BCUT2D eigenvalue weighted by Gasteiger charge is 2.28. The van der Waals surface area contributed by atoms with Gasteiger partial charge < -0.3 is 10.1 Å². The number of nitrogens with one attached hydrogen (secondary N) is 1. The number of hydrogen-bond donors (Lipinski definition) is 1. The van der Waals surface area contributed by atoms with Crippen LogP contribution in [0.5, 0.6) is 0 Å². The van der Waals surface area contributed by atoms with E-state index in [1.807, 2.05) is 0 Å². The summed E-state index contributed by atoms with van der Waals surface area (Å²) in [6.07, 6.45) is 2.53. The topological polar surface area (TPSA) is 21.3 Å². The monoisotopic (exact) mass is 112 g/mol. The minimum absolute atomic E-state index is 0.652. The molecule has 2 aliphatic rings. The van der Waals surface area contributed by atoms with Gasteiger partial charge in [0.15, 0.2) is 0 Å². The summed E-state index contributed by atoms with van der Waals surface area (Å²) >= 11 is 0. The Kier molecular flexibility index (Phi) is 1.02. The van der Waals surface area contributed by atoms with E-state index in [4.69, 9.17) is 4.74 Å². The number of morpholine rings is 1. The highest BCUT2D eigenvalue weighted by Crippen LogP contribution is 2.22. The molecule has 0 amide bonds. The molecule has 2 fully saturated rings. The van der Waals surface area contributed by atoms with E-state index in [0.29, 0.717) is 6.04 Å². The van der Waals surface area contributed by atoms with Crippen LogP contribution in [0.1, 0.15) is 12.8 Å². The minimum Gasteiger partial charge on any atom is -0.378 e. The second-order valence-electron chi connectivity index (χ2n) is 2.50. The molecule has 2 nitrogen and oxygen atoms in total. The van der Waals surface area contributed by atoms with Crippen molar-refractivity contribution in [2.45, 2.75) is 18.9 Å². The van der Waals surface area contributed by atoms with Crippen LogP contribution >= 0.6 is 0 Å². The molecule has 2 saturated heterocycles. The first-order chi connectivity index (χ1) is 3.95. The van der Waals surface area contributed by atoms with Gasteiger partial charge in [-0.1, -0.05) is 0 Å². The molecule has 2 aliphatic heterocycles. The third kappa shape index (κ3) is 0.644. The van der Waals surface area contributed by atoms with Gasteiger partial charge in [-0.05, 0) is 12.8 Å². The molecule has 1 atom stereocenters. The molecule has 0 spiro atoms. The molecular weight excluding hydrogens is 102 g/mol. The Bertz CT molecular complexity index is 80.5. The van der Waals surface area contributed by atoms with Crippen molar-refractivity contribution >= 4 is 0 Å². The average molecular weight is 112 g/mol. The van der Waals surface area contributed by atoms with E-state index >= 15 is 0 Å². The molecule has 1 N–H and O–H groups in total. The maximum atomic E-state index is 5.26. The predicted molar refractivity (Wildman–Crippen MR) is 30.2 cm³/mol. The summed E-state index contributed by atoms with van der Waals surface area (Å²) < 4.78 is 5.26. The van der Waals surface area contributed by atoms with Crippen molar-refractivity contribution in [3.63, 3.8) is 0 Å². The predicted octanol–water partition coefficient (Wildman–Crippen LogP) is 0.301. The molecule has 0 aromatic rings. The second-order valence-corrected chi connectivity index (χ2v) is 2.50. The smallest absolute Gasteiger partial charge is 0.0668 e. The standard InChI is InChI=1S/C6H10NO/c1-2-6-4-8-3-5(1)7-6/h5,7H,1-4H2. The first-order valence-corrected chi connectivity index (χ1v) is 3.14. The summed E-state index contributed by atoms with van der Waals surface area (Å²) in [4.78, 5) is 0. The zero-order chi connectivity index (χ0) is 5.40. The molecule has 45 valence electrons. The van der Waals surface area contributed by atoms with Crippen LogP contribution in [0.15, 0.2) is 0 Å².